The van der Waals surface area contributed by atoms with Crippen LogP contribution in [0.1, 0.15) is 47.8 Å². The van der Waals surface area contributed by atoms with Gasteiger partial charge < -0.3 is 0 Å². The van der Waals surface area contributed by atoms with Gasteiger partial charge in [0.15, 0.2) is 17.3 Å². The number of nitrogens with zero attached hydrogens (tertiary/aromatic N) is 3. The first kappa shape index (κ1) is 28.7. The summed E-state index contributed by atoms with van der Waals surface area (Å²) in [4.78, 5) is 37.1. The average Bonchev–Trinajstić information content (AvgIpc) is 3.94. The van der Waals surface area contributed by atoms with Gasteiger partial charge in [0.25, 0.3) is 0 Å². The quantitative estimate of drug-likeness (QED) is 0.150. The van der Waals surface area contributed by atoms with Crippen LogP contribution in [0.2, 0.25) is 0 Å². The van der Waals surface area contributed by atoms with Gasteiger partial charge in [0.05, 0.1) is 16.6 Å². The van der Waals surface area contributed by atoms with Crippen molar-refractivity contribution in [1.29, 1.82) is 0 Å². The Morgan fingerprint density at radius 3 is 0.843 bits per heavy atom. The van der Waals surface area contributed by atoms with E-state index >= 15 is 0 Å². The molecular formula is C42H24N6O3. The van der Waals surface area contributed by atoms with E-state index in [1.165, 1.54) is 0 Å². The highest BCUT2D eigenvalue weighted by atomic mass is 16.1. The van der Waals surface area contributed by atoms with Crippen LogP contribution in [0.4, 0.5) is 0 Å². The molecule has 0 aliphatic heterocycles. The predicted molar refractivity (Wildman–Crippen MR) is 195 cm³/mol. The summed E-state index contributed by atoms with van der Waals surface area (Å²) in [6.45, 7) is 0. The lowest BCUT2D eigenvalue weighted by molar-refractivity contribution is 0.103. The van der Waals surface area contributed by atoms with Crippen molar-refractivity contribution in [3.05, 3.63) is 161 Å². The Hall–Kier alpha value is -7.26. The second-order valence-corrected chi connectivity index (χ2v) is 12.5. The maximum Gasteiger partial charge on any atom is 0.194 e. The van der Waals surface area contributed by atoms with E-state index in [0.717, 1.165) is 99.9 Å². The van der Waals surface area contributed by atoms with Gasteiger partial charge in [0.2, 0.25) is 0 Å². The molecule has 0 fully saturated rings. The van der Waals surface area contributed by atoms with Crippen molar-refractivity contribution >= 4 is 50.1 Å². The van der Waals surface area contributed by atoms with E-state index in [2.05, 4.69) is 30.6 Å². The molecule has 0 spiro atoms. The fourth-order valence-corrected chi connectivity index (χ4v) is 7.47. The first-order valence-corrected chi connectivity index (χ1v) is 16.4. The zero-order valence-electron chi connectivity index (χ0n) is 26.7. The summed E-state index contributed by atoms with van der Waals surface area (Å²) in [7, 11) is 0. The van der Waals surface area contributed by atoms with Gasteiger partial charge in [-0.3, -0.25) is 29.7 Å². The average molecular weight is 661 g/mol. The third-order valence-corrected chi connectivity index (χ3v) is 9.78. The van der Waals surface area contributed by atoms with Crippen LogP contribution < -0.4 is 0 Å². The molecule has 0 unspecified atom stereocenters. The van der Waals surface area contributed by atoms with Crippen molar-refractivity contribution in [3.8, 4) is 33.8 Å². The zero-order chi connectivity index (χ0) is 34.2. The van der Waals surface area contributed by atoms with E-state index in [-0.39, 0.29) is 17.3 Å². The summed E-state index contributed by atoms with van der Waals surface area (Å²) < 4.78 is 0. The van der Waals surface area contributed by atoms with Crippen LogP contribution in [0.25, 0.3) is 66.5 Å². The molecule has 3 aliphatic carbocycles. The lowest BCUT2D eigenvalue weighted by Crippen LogP contribution is -2.08. The number of carbonyl (C=O) groups excluding carboxylic acids is 3. The minimum atomic E-state index is 0.0834. The van der Waals surface area contributed by atoms with Crippen LogP contribution in [0.5, 0.6) is 0 Å². The second-order valence-electron chi connectivity index (χ2n) is 12.5. The van der Waals surface area contributed by atoms with E-state index in [1.807, 2.05) is 127 Å². The number of rotatable bonds is 0. The Morgan fingerprint density at radius 2 is 0.549 bits per heavy atom. The fraction of sp³-hybridized carbons (Fsp3) is 0. The molecule has 6 aromatic carbocycles. The number of aromatic nitrogens is 6. The van der Waals surface area contributed by atoms with Crippen LogP contribution in [-0.4, -0.2) is 47.9 Å². The van der Waals surface area contributed by atoms with E-state index in [0.29, 0.717) is 0 Å². The molecule has 3 aromatic heterocycles. The molecule has 0 radical (unpaired) electrons. The van der Waals surface area contributed by atoms with Crippen molar-refractivity contribution < 1.29 is 14.4 Å². The van der Waals surface area contributed by atoms with Gasteiger partial charge in [-0.05, 0) is 18.2 Å². The molecule has 0 atom stereocenters. The van der Waals surface area contributed by atoms with Crippen LogP contribution in [0.15, 0.2) is 127 Å². The maximum atomic E-state index is 12.4. The molecule has 0 amide bonds. The van der Waals surface area contributed by atoms with Crippen molar-refractivity contribution in [2.75, 3.05) is 0 Å². The molecule has 0 saturated heterocycles. The summed E-state index contributed by atoms with van der Waals surface area (Å²) >= 11 is 0. The number of H-pyrrole nitrogens is 3. The third kappa shape index (κ3) is 4.15. The van der Waals surface area contributed by atoms with E-state index in [1.54, 1.807) is 0 Å². The van der Waals surface area contributed by atoms with E-state index < -0.39 is 0 Å². The van der Waals surface area contributed by atoms with Gasteiger partial charge in [0, 0.05) is 66.2 Å². The monoisotopic (exact) mass is 660 g/mol. The molecule has 240 valence electrons. The summed E-state index contributed by atoms with van der Waals surface area (Å²) in [6, 6.07) is 39.9. The predicted octanol–water partition coefficient (Wildman–Crippen LogP) is 8.32. The van der Waals surface area contributed by atoms with Crippen LogP contribution in [-0.2, 0) is 0 Å². The minimum Gasteiger partial charge on any atom is -0.289 e. The smallest absolute Gasteiger partial charge is 0.194 e. The number of aromatic amines is 3. The summed E-state index contributed by atoms with van der Waals surface area (Å²) in [5.74, 6) is 0.250. The highest BCUT2D eigenvalue weighted by molar-refractivity contribution is 6.26. The molecule has 3 aliphatic rings. The Labute approximate surface area is 289 Å². The minimum absolute atomic E-state index is 0.0834. The first-order chi connectivity index (χ1) is 25.1. The van der Waals surface area contributed by atoms with Crippen LogP contribution in [0, 0.1) is 0 Å². The van der Waals surface area contributed by atoms with Crippen LogP contribution >= 0.6 is 0 Å². The molecule has 12 rings (SSSR count). The van der Waals surface area contributed by atoms with Gasteiger partial charge in [-0.2, -0.15) is 15.3 Å². The highest BCUT2D eigenvalue weighted by Gasteiger charge is 2.29. The Bertz CT molecular complexity index is 2630. The lowest BCUT2D eigenvalue weighted by Gasteiger charge is -2.13. The number of hydrogen-bond donors (Lipinski definition) is 3. The van der Waals surface area contributed by atoms with Gasteiger partial charge in [-0.15, -0.1) is 0 Å². The molecule has 51 heavy (non-hydrogen) atoms. The van der Waals surface area contributed by atoms with Gasteiger partial charge in [0.1, 0.15) is 17.1 Å². The topological polar surface area (TPSA) is 137 Å². The Morgan fingerprint density at radius 1 is 0.294 bits per heavy atom. The van der Waals surface area contributed by atoms with Crippen molar-refractivity contribution in [2.45, 2.75) is 0 Å². The molecular weight excluding hydrogens is 637 g/mol. The van der Waals surface area contributed by atoms with Crippen molar-refractivity contribution in [2.24, 2.45) is 0 Å². The molecule has 9 aromatic rings. The van der Waals surface area contributed by atoms with Gasteiger partial charge >= 0.3 is 0 Å². The molecule has 9 heteroatoms. The Balaban J connectivity index is 0.0000000963. The number of hydrogen-bond acceptors (Lipinski definition) is 6. The highest BCUT2D eigenvalue weighted by Crippen LogP contribution is 2.39. The molecule has 3 heterocycles. The Kier molecular flexibility index (Phi) is 6.13. The second kappa shape index (κ2) is 10.9. The summed E-state index contributed by atoms with van der Waals surface area (Å²) in [5.41, 5.74) is 12.6. The molecule has 9 nitrogen and oxygen atoms in total. The summed E-state index contributed by atoms with van der Waals surface area (Å²) in [5, 5.41) is 24.7. The maximum absolute atomic E-state index is 12.4. The number of benzene rings is 6. The normalized spacial score (nSPS) is 12.8. The number of fused-ring (bicyclic) bond motifs is 6. The van der Waals surface area contributed by atoms with Gasteiger partial charge in [-0.25, -0.2) is 0 Å². The number of nitrogens with one attached hydrogen (secondary N) is 3. The zero-order valence-corrected chi connectivity index (χ0v) is 26.7. The molecule has 0 saturated carbocycles. The first-order valence-electron chi connectivity index (χ1n) is 16.4. The van der Waals surface area contributed by atoms with E-state index in [4.69, 9.17) is 0 Å². The van der Waals surface area contributed by atoms with Gasteiger partial charge in [-0.1, -0.05) is 109 Å². The lowest BCUT2D eigenvalue weighted by atomic mass is 9.87. The fourth-order valence-electron chi connectivity index (χ4n) is 7.47. The standard InChI is InChI=1S/3C14H8N2O/c3*17-14-9-5-2-1-4-8(9)13-12-10(14)6-3-7-11(12)15-16-13/h3*1-7H,(H,15,16). The SMILES string of the molecule is O=C1c2ccccc2-c2n[nH]c3cccc1c23.O=C1c2ccccc2-c2n[nH]c3cccc1c23.O=C1c2ccccc2-c2n[nH]c3cccc1c23. The van der Waals surface area contributed by atoms with Crippen LogP contribution in [0.3, 0.4) is 0 Å². The van der Waals surface area contributed by atoms with E-state index in [9.17, 15) is 14.4 Å². The number of ketones is 3. The third-order valence-electron chi connectivity index (χ3n) is 9.78. The molecule has 0 bridgehead atoms. The van der Waals surface area contributed by atoms with Crippen molar-refractivity contribution in [3.63, 3.8) is 0 Å². The largest absolute Gasteiger partial charge is 0.289 e. The van der Waals surface area contributed by atoms with Crippen molar-refractivity contribution in [1.82, 2.24) is 30.6 Å². The summed E-state index contributed by atoms with van der Waals surface area (Å²) in [6.07, 6.45) is 0. The number of carbonyl (C=O) groups is 3. The molecule has 3 N–H and O–H groups in total.